The summed E-state index contributed by atoms with van der Waals surface area (Å²) < 4.78 is 5.20. The van der Waals surface area contributed by atoms with E-state index in [0.717, 1.165) is 16.9 Å². The molecule has 29 heavy (non-hydrogen) atoms. The van der Waals surface area contributed by atoms with Gasteiger partial charge >= 0.3 is 0 Å². The van der Waals surface area contributed by atoms with Gasteiger partial charge in [-0.25, -0.2) is 0 Å². The van der Waals surface area contributed by atoms with Gasteiger partial charge in [0, 0.05) is 15.6 Å². The molecule has 3 aromatic carbocycles. The Balaban J connectivity index is 1.81. The number of hydrogen-bond donors (Lipinski definition) is 0. The van der Waals surface area contributed by atoms with Crippen LogP contribution in [0.25, 0.3) is 6.08 Å². The van der Waals surface area contributed by atoms with Crippen LogP contribution in [0, 0.1) is 0 Å². The number of benzene rings is 3. The Morgan fingerprint density at radius 1 is 0.931 bits per heavy atom. The van der Waals surface area contributed by atoms with Gasteiger partial charge in [0.15, 0.2) is 0 Å². The average molecular weight is 423 g/mol. The number of halogens is 2. The van der Waals surface area contributed by atoms with Crippen molar-refractivity contribution in [1.29, 1.82) is 0 Å². The molecule has 0 radical (unpaired) electrons. The first kappa shape index (κ1) is 19.2. The zero-order valence-electron chi connectivity index (χ0n) is 15.5. The highest BCUT2D eigenvalue weighted by Gasteiger charge is 2.32. The summed E-state index contributed by atoms with van der Waals surface area (Å²) in [5.74, 6) is 0.495. The molecule has 144 valence electrons. The predicted molar refractivity (Wildman–Crippen MR) is 118 cm³/mol. The molecule has 4 rings (SSSR count). The second-order valence-electron chi connectivity index (χ2n) is 6.39. The SMILES string of the molecule is COc1ccc(/C=C2/C(=O)N(c3cc(Cl)cc(Cl)c3)N=C2c2ccccc2)cc1. The molecule has 1 aliphatic rings. The van der Waals surface area contributed by atoms with Crippen LogP contribution >= 0.6 is 23.2 Å². The van der Waals surface area contributed by atoms with E-state index >= 15 is 0 Å². The van der Waals surface area contributed by atoms with E-state index in [1.54, 1.807) is 25.3 Å². The molecule has 1 aliphatic heterocycles. The lowest BCUT2D eigenvalue weighted by atomic mass is 10.0. The molecule has 0 aromatic heterocycles. The molecule has 3 aromatic rings. The molecule has 0 aliphatic carbocycles. The molecule has 6 heteroatoms. The Hall–Kier alpha value is -3.08. The van der Waals surface area contributed by atoms with Crippen molar-refractivity contribution in [3.05, 3.63) is 99.5 Å². The Labute approximate surface area is 178 Å². The summed E-state index contributed by atoms with van der Waals surface area (Å²) in [6, 6.07) is 22.0. The van der Waals surface area contributed by atoms with Crippen molar-refractivity contribution in [2.24, 2.45) is 5.10 Å². The summed E-state index contributed by atoms with van der Waals surface area (Å²) in [7, 11) is 1.61. The Morgan fingerprint density at radius 3 is 2.21 bits per heavy atom. The molecule has 0 bridgehead atoms. The number of carbonyl (C=O) groups excluding carboxylic acids is 1. The molecule has 4 nitrogen and oxygen atoms in total. The number of anilines is 1. The van der Waals surface area contributed by atoms with E-state index in [2.05, 4.69) is 5.10 Å². The minimum Gasteiger partial charge on any atom is -0.497 e. The maximum absolute atomic E-state index is 13.3. The number of amides is 1. The van der Waals surface area contributed by atoms with Gasteiger partial charge in [0.1, 0.15) is 11.5 Å². The first-order valence-electron chi connectivity index (χ1n) is 8.86. The fourth-order valence-electron chi connectivity index (χ4n) is 3.06. The Bertz CT molecular complexity index is 1100. The smallest absolute Gasteiger partial charge is 0.281 e. The van der Waals surface area contributed by atoms with Crippen LogP contribution in [-0.2, 0) is 4.79 Å². The summed E-state index contributed by atoms with van der Waals surface area (Å²) in [6.45, 7) is 0. The summed E-state index contributed by atoms with van der Waals surface area (Å²) in [4.78, 5) is 13.3. The largest absolute Gasteiger partial charge is 0.497 e. The van der Waals surface area contributed by atoms with Gasteiger partial charge in [0.25, 0.3) is 5.91 Å². The fourth-order valence-corrected chi connectivity index (χ4v) is 3.57. The number of carbonyl (C=O) groups is 1. The number of methoxy groups -OCH3 is 1. The molecule has 0 spiro atoms. The van der Waals surface area contributed by atoms with E-state index in [1.165, 1.54) is 5.01 Å². The van der Waals surface area contributed by atoms with E-state index in [9.17, 15) is 4.79 Å². The van der Waals surface area contributed by atoms with Crippen molar-refractivity contribution >= 4 is 46.6 Å². The van der Waals surface area contributed by atoms with Gasteiger partial charge < -0.3 is 4.74 Å². The van der Waals surface area contributed by atoms with Crippen molar-refractivity contribution in [1.82, 2.24) is 0 Å². The van der Waals surface area contributed by atoms with Gasteiger partial charge in [-0.2, -0.15) is 10.1 Å². The lowest BCUT2D eigenvalue weighted by molar-refractivity contribution is -0.114. The molecule has 0 atom stereocenters. The quantitative estimate of drug-likeness (QED) is 0.495. The summed E-state index contributed by atoms with van der Waals surface area (Å²) in [5, 5.41) is 6.79. The van der Waals surface area contributed by atoms with Gasteiger partial charge in [0.2, 0.25) is 0 Å². The molecule has 0 unspecified atom stereocenters. The number of hydrazone groups is 1. The van der Waals surface area contributed by atoms with Crippen LogP contribution in [0.3, 0.4) is 0 Å². The van der Waals surface area contributed by atoms with E-state index in [1.807, 2.05) is 60.7 Å². The zero-order chi connectivity index (χ0) is 20.4. The maximum Gasteiger partial charge on any atom is 0.281 e. The highest BCUT2D eigenvalue weighted by molar-refractivity contribution is 6.38. The highest BCUT2D eigenvalue weighted by Crippen LogP contribution is 2.31. The van der Waals surface area contributed by atoms with Crippen LogP contribution < -0.4 is 9.75 Å². The van der Waals surface area contributed by atoms with Gasteiger partial charge in [-0.3, -0.25) is 4.79 Å². The second kappa shape index (κ2) is 8.11. The number of ether oxygens (including phenoxy) is 1. The van der Waals surface area contributed by atoms with Crippen LogP contribution in [0.5, 0.6) is 5.75 Å². The topological polar surface area (TPSA) is 41.9 Å². The monoisotopic (exact) mass is 422 g/mol. The molecule has 1 amide bonds. The normalized spacial score (nSPS) is 15.0. The third-order valence-electron chi connectivity index (χ3n) is 4.44. The summed E-state index contributed by atoms with van der Waals surface area (Å²) in [6.07, 6.45) is 1.82. The third-order valence-corrected chi connectivity index (χ3v) is 4.88. The molecule has 0 fully saturated rings. The zero-order valence-corrected chi connectivity index (χ0v) is 17.0. The Morgan fingerprint density at radius 2 is 1.59 bits per heavy atom. The van der Waals surface area contributed by atoms with Crippen LogP contribution in [0.4, 0.5) is 5.69 Å². The average Bonchev–Trinajstić information content (AvgIpc) is 3.05. The van der Waals surface area contributed by atoms with Gasteiger partial charge in [-0.15, -0.1) is 0 Å². The van der Waals surface area contributed by atoms with Crippen molar-refractivity contribution in [3.8, 4) is 5.75 Å². The standard InChI is InChI=1S/C23H16Cl2N2O2/c1-29-20-9-7-15(8-10-20)11-21-22(16-5-3-2-4-6-16)26-27(23(21)28)19-13-17(24)12-18(25)14-19/h2-14H,1H3/b21-11+. The minimum absolute atomic E-state index is 0.252. The van der Waals surface area contributed by atoms with Gasteiger partial charge in [-0.1, -0.05) is 65.7 Å². The third kappa shape index (κ3) is 4.04. The van der Waals surface area contributed by atoms with Crippen molar-refractivity contribution in [2.45, 2.75) is 0 Å². The van der Waals surface area contributed by atoms with Crippen LogP contribution in [0.15, 0.2) is 83.5 Å². The molecule has 1 heterocycles. The fraction of sp³-hybridized carbons (Fsp3) is 0.0435. The number of nitrogens with zero attached hydrogens (tertiary/aromatic N) is 2. The van der Waals surface area contributed by atoms with E-state index < -0.39 is 0 Å². The van der Waals surface area contributed by atoms with Gasteiger partial charge in [0.05, 0.1) is 18.4 Å². The number of hydrogen-bond acceptors (Lipinski definition) is 3. The van der Waals surface area contributed by atoms with E-state index in [0.29, 0.717) is 27.0 Å². The van der Waals surface area contributed by atoms with Crippen LogP contribution in [0.2, 0.25) is 10.0 Å². The Kier molecular flexibility index (Phi) is 5.38. The summed E-state index contributed by atoms with van der Waals surface area (Å²) >= 11 is 12.3. The molecule has 0 saturated heterocycles. The molecular formula is C23H16Cl2N2O2. The summed E-state index contributed by atoms with van der Waals surface area (Å²) in [5.41, 5.74) is 3.29. The van der Waals surface area contributed by atoms with Crippen LogP contribution in [0.1, 0.15) is 11.1 Å². The van der Waals surface area contributed by atoms with E-state index in [4.69, 9.17) is 27.9 Å². The van der Waals surface area contributed by atoms with Gasteiger partial charge in [-0.05, 0) is 42.0 Å². The number of rotatable bonds is 4. The molecule has 0 N–H and O–H groups in total. The first-order valence-corrected chi connectivity index (χ1v) is 9.61. The molecular weight excluding hydrogens is 407 g/mol. The minimum atomic E-state index is -0.252. The molecule has 0 saturated carbocycles. The lowest BCUT2D eigenvalue weighted by Gasteiger charge is -2.12. The first-order chi connectivity index (χ1) is 14.0. The maximum atomic E-state index is 13.3. The van der Waals surface area contributed by atoms with Crippen molar-refractivity contribution in [2.75, 3.05) is 12.1 Å². The highest BCUT2D eigenvalue weighted by atomic mass is 35.5. The van der Waals surface area contributed by atoms with Crippen molar-refractivity contribution < 1.29 is 9.53 Å². The van der Waals surface area contributed by atoms with Crippen molar-refractivity contribution in [3.63, 3.8) is 0 Å². The lowest BCUT2D eigenvalue weighted by Crippen LogP contribution is -2.21. The second-order valence-corrected chi connectivity index (χ2v) is 7.26. The van der Waals surface area contributed by atoms with Crippen LogP contribution in [-0.4, -0.2) is 18.7 Å². The predicted octanol–water partition coefficient (Wildman–Crippen LogP) is 5.84. The van der Waals surface area contributed by atoms with E-state index in [-0.39, 0.29) is 5.91 Å².